The Balaban J connectivity index is -0.0000000275. The third-order valence-electron chi connectivity index (χ3n) is 0. The Kier molecular flexibility index (Phi) is 167. The molecule has 3 N–H and O–H groups in total. The first kappa shape index (κ1) is 16.3. The zero-order chi connectivity index (χ0) is 4.71. The molecule has 0 bridgehead atoms. The second kappa shape index (κ2) is 61.3. The second-order valence-corrected chi connectivity index (χ2v) is 0.316. The van der Waals surface area contributed by atoms with Crippen LogP contribution in [0.2, 0.25) is 0 Å². The van der Waals surface area contributed by atoms with Gasteiger partial charge in [-0.3, -0.25) is 0 Å². The summed E-state index contributed by atoms with van der Waals surface area (Å²) in [6, 6.07) is 0. The van der Waals surface area contributed by atoms with Crippen LogP contribution in [0.15, 0.2) is 0 Å². The van der Waals surface area contributed by atoms with Crippen LogP contribution >= 0.6 is 0 Å². The molecule has 3 nitrogen and oxygen atoms in total. The predicted octanol–water partition coefficient (Wildman–Crippen LogP) is -0.947. The van der Waals surface area contributed by atoms with E-state index in [1.165, 1.54) is 0 Å². The molecule has 0 aliphatic heterocycles. The van der Waals surface area contributed by atoms with Gasteiger partial charge in [0.1, 0.15) is 0 Å². The Hall–Kier alpha value is 0.239. The van der Waals surface area contributed by atoms with Crippen LogP contribution in [0.4, 0.5) is 0 Å². The van der Waals surface area contributed by atoms with Crippen molar-refractivity contribution in [2.45, 2.75) is 6.92 Å². The summed E-state index contributed by atoms with van der Waals surface area (Å²) in [5, 5.41) is 7.57. The van der Waals surface area contributed by atoms with E-state index in [0.717, 1.165) is 0 Å². The zero-order valence-corrected chi connectivity index (χ0v) is 4.52. The molecule has 0 amide bonds. The fourth-order valence-electron chi connectivity index (χ4n) is 0. The van der Waals surface area contributed by atoms with Gasteiger partial charge in [-0.2, -0.15) is 0 Å². The van der Waals surface area contributed by atoms with Crippen molar-refractivity contribution in [3.63, 3.8) is 0 Å². The van der Waals surface area contributed by atoms with Crippen LogP contribution in [-0.2, 0) is 19.8 Å². The molecular weight excluding hydrogens is 128 g/mol. The van der Waals surface area contributed by atoms with Crippen LogP contribution in [0.1, 0.15) is 6.92 Å². The van der Waals surface area contributed by atoms with Gasteiger partial charge < -0.3 is 10.6 Å². The molecule has 0 saturated carbocycles. The third kappa shape index (κ3) is 776. The normalized spacial score (nSPS) is 3.83. The van der Waals surface area contributed by atoms with E-state index < -0.39 is 0 Å². The number of hydrogen-bond donors (Lipinski definition) is 1. The first-order chi connectivity index (χ1) is 2.41. The van der Waals surface area contributed by atoms with Gasteiger partial charge in [-0.1, -0.05) is 0 Å². The summed E-state index contributed by atoms with van der Waals surface area (Å²) in [6.45, 7) is 1.93. The number of hydrogen-bond acceptors (Lipinski definition) is 2. The fourth-order valence-corrected chi connectivity index (χ4v) is 0. The van der Waals surface area contributed by atoms with E-state index in [9.17, 15) is 0 Å². The number of rotatable bonds is 0. The summed E-state index contributed by atoms with van der Waals surface area (Å²) in [4.78, 5) is 0. The van der Waals surface area contributed by atoms with Crippen molar-refractivity contribution in [1.82, 2.24) is 0 Å². The zero-order valence-electron chi connectivity index (χ0n) is 3.42. The molecule has 0 atom stereocenters. The van der Waals surface area contributed by atoms with Crippen LogP contribution in [0.5, 0.6) is 0 Å². The van der Waals surface area contributed by atoms with Crippen molar-refractivity contribution in [2.75, 3.05) is 6.61 Å². The predicted molar refractivity (Wildman–Crippen MR) is 17.1 cm³/mol. The molecule has 0 aromatic carbocycles. The van der Waals surface area contributed by atoms with Crippen LogP contribution in [0.25, 0.3) is 0 Å². The molecule has 0 aliphatic carbocycles. The minimum absolute atomic E-state index is 0. The van der Waals surface area contributed by atoms with E-state index in [2.05, 4.69) is 0 Å². The second-order valence-electron chi connectivity index (χ2n) is 0.316. The summed E-state index contributed by atoms with van der Waals surface area (Å²) in [5.41, 5.74) is 0. The minimum atomic E-state index is 0. The van der Waals surface area contributed by atoms with E-state index in [4.69, 9.17) is 8.94 Å². The van der Waals surface area contributed by atoms with E-state index in [1.807, 2.05) is 15.9 Å². The quantitative estimate of drug-likeness (QED) is 0.436. The van der Waals surface area contributed by atoms with Gasteiger partial charge in [-0.25, -0.2) is 0 Å². The van der Waals surface area contributed by atoms with Gasteiger partial charge in [0, 0.05) is 6.61 Å². The average Bonchev–Trinajstić information content (AvgIpc) is 1.46. The molecule has 0 aromatic heterocycles. The Morgan fingerprint density at radius 2 is 1.67 bits per heavy atom. The fraction of sp³-hybridized carbons (Fsp3) is 1.00. The van der Waals surface area contributed by atoms with Crippen molar-refractivity contribution >= 4 is 0 Å². The van der Waals surface area contributed by atoms with Crippen LogP contribution < -0.4 is 0 Å². The maximum atomic E-state index is 8.00. The first-order valence-electron chi connectivity index (χ1n) is 1.17. The molecule has 0 fully saturated rings. The summed E-state index contributed by atoms with van der Waals surface area (Å²) in [7, 11) is 0. The van der Waals surface area contributed by atoms with Crippen molar-refractivity contribution in [3.05, 3.63) is 0 Å². The van der Waals surface area contributed by atoms with Crippen molar-refractivity contribution in [3.8, 4) is 0 Å². The van der Waals surface area contributed by atoms with Crippen LogP contribution in [0, 0.1) is 0 Å². The van der Waals surface area contributed by atoms with Crippen LogP contribution in [-0.4, -0.2) is 17.2 Å². The Bertz CT molecular complexity index is 12.8. The molecule has 0 spiro atoms. The molecule has 0 heterocycles. The van der Waals surface area contributed by atoms with Crippen LogP contribution in [0.3, 0.4) is 0 Å². The topological polar surface area (TPSA) is 68.8 Å². The molecule has 0 aliphatic rings. The van der Waals surface area contributed by atoms with Crippen molar-refractivity contribution in [2.24, 2.45) is 0 Å². The summed E-state index contributed by atoms with van der Waals surface area (Å²) in [5.74, 6) is 0. The van der Waals surface area contributed by atoms with E-state index in [1.54, 1.807) is 6.92 Å². The number of aliphatic hydroxyl groups is 1. The monoisotopic (exact) mass is 136 g/mol. The van der Waals surface area contributed by atoms with Gasteiger partial charge in [0.15, 0.2) is 0 Å². The summed E-state index contributed by atoms with van der Waals surface area (Å²) >= 11 is 2.00. The standard InChI is InChI=1S/C2H6O.Fe.H2O.O/c1-2-3;;;/h3H,2H2,1H3;;1H2;. The van der Waals surface area contributed by atoms with Gasteiger partial charge in [0.2, 0.25) is 0 Å². The van der Waals surface area contributed by atoms with Gasteiger partial charge in [0.25, 0.3) is 0 Å². The Labute approximate surface area is 44.7 Å². The molecule has 4 heteroatoms. The molecule has 0 unspecified atom stereocenters. The molecule has 0 rings (SSSR count). The van der Waals surface area contributed by atoms with E-state index in [0.29, 0.717) is 0 Å². The van der Waals surface area contributed by atoms with Gasteiger partial charge in [-0.15, -0.1) is 0 Å². The molecule has 0 radical (unpaired) electrons. The van der Waals surface area contributed by atoms with E-state index >= 15 is 0 Å². The summed E-state index contributed by atoms with van der Waals surface area (Å²) < 4.78 is 8.00. The van der Waals surface area contributed by atoms with Gasteiger partial charge in [0.05, 0.1) is 0 Å². The third-order valence-corrected chi connectivity index (χ3v) is 0. The Morgan fingerprint density at radius 3 is 1.67 bits per heavy atom. The van der Waals surface area contributed by atoms with Gasteiger partial charge in [-0.05, 0) is 6.92 Å². The Morgan fingerprint density at radius 1 is 1.67 bits per heavy atom. The number of aliphatic hydroxyl groups excluding tert-OH is 1. The van der Waals surface area contributed by atoms with Crippen molar-refractivity contribution < 1.29 is 30.4 Å². The molecule has 0 aromatic rings. The summed E-state index contributed by atoms with van der Waals surface area (Å²) in [6.07, 6.45) is 0. The molecule has 0 saturated heterocycles. The average molecular weight is 136 g/mol. The van der Waals surface area contributed by atoms with E-state index in [-0.39, 0.29) is 12.1 Å². The molecular formula is C2H8FeO3. The van der Waals surface area contributed by atoms with Gasteiger partial charge >= 0.3 is 19.8 Å². The SMILES string of the molecule is CCO.O.[O]=[Fe]. The first-order valence-corrected chi connectivity index (χ1v) is 1.62. The molecule has 6 heavy (non-hydrogen) atoms. The van der Waals surface area contributed by atoms with Crippen molar-refractivity contribution in [1.29, 1.82) is 0 Å². The maximum absolute atomic E-state index is 8.00. The molecule has 42 valence electrons.